The first-order valence-corrected chi connectivity index (χ1v) is 5.12. The molecule has 0 bridgehead atoms. The van der Waals surface area contributed by atoms with Gasteiger partial charge in [0.05, 0.1) is 7.11 Å². The van der Waals surface area contributed by atoms with E-state index in [4.69, 9.17) is 10.5 Å². The third kappa shape index (κ3) is 3.36. The zero-order chi connectivity index (χ0) is 11.1. The number of nitrogens with zero attached hydrogens (tertiary/aromatic N) is 3. The molecule has 5 nitrogen and oxygen atoms in total. The van der Waals surface area contributed by atoms with Crippen LogP contribution in [0.15, 0.2) is 12.4 Å². The van der Waals surface area contributed by atoms with Gasteiger partial charge in [-0.2, -0.15) is 0 Å². The predicted octanol–water partition coefficient (Wildman–Crippen LogP) is 0.660. The van der Waals surface area contributed by atoms with E-state index in [1.54, 1.807) is 7.11 Å². The molecular weight excluding hydrogens is 192 g/mol. The Bertz CT molecular complexity index is 293. The summed E-state index contributed by atoms with van der Waals surface area (Å²) in [5.41, 5.74) is 5.48. The lowest BCUT2D eigenvalue weighted by molar-refractivity contribution is 0.396. The van der Waals surface area contributed by atoms with Crippen LogP contribution >= 0.6 is 0 Å². The van der Waals surface area contributed by atoms with Gasteiger partial charge in [0.2, 0.25) is 5.88 Å². The highest BCUT2D eigenvalue weighted by Gasteiger charge is 2.06. The Morgan fingerprint density at radius 3 is 2.87 bits per heavy atom. The average molecular weight is 210 g/mol. The van der Waals surface area contributed by atoms with E-state index in [2.05, 4.69) is 21.8 Å². The molecule has 0 aliphatic heterocycles. The second kappa shape index (κ2) is 6.19. The molecular formula is C10H18N4O. The summed E-state index contributed by atoms with van der Waals surface area (Å²) in [6, 6.07) is 1.83. The van der Waals surface area contributed by atoms with Gasteiger partial charge in [0.1, 0.15) is 12.1 Å². The van der Waals surface area contributed by atoms with Crippen molar-refractivity contribution < 1.29 is 4.74 Å². The minimum absolute atomic E-state index is 0.589. The molecule has 0 unspecified atom stereocenters. The van der Waals surface area contributed by atoms with Gasteiger partial charge >= 0.3 is 0 Å². The van der Waals surface area contributed by atoms with Gasteiger partial charge < -0.3 is 15.4 Å². The molecule has 5 heteroatoms. The van der Waals surface area contributed by atoms with E-state index < -0.39 is 0 Å². The maximum Gasteiger partial charge on any atom is 0.218 e. The number of anilines is 1. The standard InChI is InChI=1S/C10H18N4O/c1-3-14(6-4-5-11)9-7-10(15-2)13-8-12-9/h7-8H,3-6,11H2,1-2H3. The summed E-state index contributed by atoms with van der Waals surface area (Å²) < 4.78 is 5.05. The van der Waals surface area contributed by atoms with E-state index in [0.717, 1.165) is 25.3 Å². The van der Waals surface area contributed by atoms with E-state index in [0.29, 0.717) is 12.4 Å². The summed E-state index contributed by atoms with van der Waals surface area (Å²) in [5.74, 6) is 1.48. The lowest BCUT2D eigenvalue weighted by atomic mass is 10.3. The van der Waals surface area contributed by atoms with E-state index in [-0.39, 0.29) is 0 Å². The van der Waals surface area contributed by atoms with Gasteiger partial charge in [-0.3, -0.25) is 0 Å². The molecule has 84 valence electrons. The van der Waals surface area contributed by atoms with Gasteiger partial charge in [0, 0.05) is 19.2 Å². The van der Waals surface area contributed by atoms with Gasteiger partial charge in [0.15, 0.2) is 0 Å². The SMILES string of the molecule is CCN(CCCN)c1cc(OC)ncn1. The van der Waals surface area contributed by atoms with Crippen LogP contribution in [0.3, 0.4) is 0 Å². The number of methoxy groups -OCH3 is 1. The first-order valence-electron chi connectivity index (χ1n) is 5.12. The Hall–Kier alpha value is -1.36. The van der Waals surface area contributed by atoms with E-state index >= 15 is 0 Å². The fourth-order valence-corrected chi connectivity index (χ4v) is 1.33. The summed E-state index contributed by atoms with van der Waals surface area (Å²) in [6.07, 6.45) is 2.47. The zero-order valence-electron chi connectivity index (χ0n) is 9.31. The molecule has 0 fully saturated rings. The third-order valence-corrected chi connectivity index (χ3v) is 2.17. The largest absolute Gasteiger partial charge is 0.481 e. The number of nitrogens with two attached hydrogens (primary N) is 1. The molecule has 0 atom stereocenters. The highest BCUT2D eigenvalue weighted by atomic mass is 16.5. The fourth-order valence-electron chi connectivity index (χ4n) is 1.33. The predicted molar refractivity (Wildman–Crippen MR) is 60.1 cm³/mol. The molecule has 0 saturated carbocycles. The number of aromatic nitrogens is 2. The first kappa shape index (κ1) is 11.7. The van der Waals surface area contributed by atoms with Crippen LogP contribution in [0.25, 0.3) is 0 Å². The van der Waals surface area contributed by atoms with Crippen molar-refractivity contribution in [2.75, 3.05) is 31.6 Å². The molecule has 0 aromatic carbocycles. The van der Waals surface area contributed by atoms with Crippen molar-refractivity contribution in [3.05, 3.63) is 12.4 Å². The lowest BCUT2D eigenvalue weighted by Crippen LogP contribution is -2.26. The van der Waals surface area contributed by atoms with Crippen molar-refractivity contribution in [2.45, 2.75) is 13.3 Å². The molecule has 1 aromatic rings. The molecule has 1 aromatic heterocycles. The molecule has 0 aliphatic rings. The van der Waals surface area contributed by atoms with E-state index in [1.807, 2.05) is 6.07 Å². The van der Waals surface area contributed by atoms with Gasteiger partial charge in [-0.25, -0.2) is 9.97 Å². The molecule has 2 N–H and O–H groups in total. The zero-order valence-corrected chi connectivity index (χ0v) is 9.31. The van der Waals surface area contributed by atoms with Gasteiger partial charge in [-0.15, -0.1) is 0 Å². The van der Waals surface area contributed by atoms with Crippen LogP contribution in [0.4, 0.5) is 5.82 Å². The van der Waals surface area contributed by atoms with Crippen molar-refractivity contribution in [3.8, 4) is 5.88 Å². The Kier molecular flexibility index (Phi) is 4.83. The minimum Gasteiger partial charge on any atom is -0.481 e. The summed E-state index contributed by atoms with van der Waals surface area (Å²) in [5, 5.41) is 0. The van der Waals surface area contributed by atoms with Gasteiger partial charge in [-0.1, -0.05) is 0 Å². The van der Waals surface area contributed by atoms with E-state index in [1.165, 1.54) is 6.33 Å². The van der Waals surface area contributed by atoms with E-state index in [9.17, 15) is 0 Å². The Balaban J connectivity index is 2.72. The van der Waals surface area contributed by atoms with Crippen molar-refractivity contribution in [2.24, 2.45) is 5.73 Å². The number of rotatable bonds is 6. The highest BCUT2D eigenvalue weighted by Crippen LogP contribution is 2.15. The fraction of sp³-hybridized carbons (Fsp3) is 0.600. The van der Waals surface area contributed by atoms with Crippen LogP contribution in [-0.2, 0) is 0 Å². The Labute approximate surface area is 90.3 Å². The lowest BCUT2D eigenvalue weighted by Gasteiger charge is -2.21. The molecule has 15 heavy (non-hydrogen) atoms. The van der Waals surface area contributed by atoms with Crippen LogP contribution in [0.1, 0.15) is 13.3 Å². The van der Waals surface area contributed by atoms with Crippen molar-refractivity contribution in [3.63, 3.8) is 0 Å². The summed E-state index contributed by atoms with van der Waals surface area (Å²) >= 11 is 0. The van der Waals surface area contributed by atoms with Crippen molar-refractivity contribution in [1.82, 2.24) is 9.97 Å². The minimum atomic E-state index is 0.589. The molecule has 1 rings (SSSR count). The van der Waals surface area contributed by atoms with Crippen LogP contribution < -0.4 is 15.4 Å². The topological polar surface area (TPSA) is 64.3 Å². The van der Waals surface area contributed by atoms with Crippen molar-refractivity contribution in [1.29, 1.82) is 0 Å². The Morgan fingerprint density at radius 2 is 2.27 bits per heavy atom. The van der Waals surface area contributed by atoms with Gasteiger partial charge in [0.25, 0.3) is 0 Å². The number of hydrogen-bond donors (Lipinski definition) is 1. The molecule has 0 spiro atoms. The maximum absolute atomic E-state index is 5.48. The number of hydrogen-bond acceptors (Lipinski definition) is 5. The normalized spacial score (nSPS) is 10.1. The van der Waals surface area contributed by atoms with Crippen LogP contribution in [-0.4, -0.2) is 36.7 Å². The van der Waals surface area contributed by atoms with Crippen LogP contribution in [0.5, 0.6) is 5.88 Å². The molecule has 0 aliphatic carbocycles. The first-order chi connectivity index (χ1) is 7.31. The summed E-state index contributed by atoms with van der Waals surface area (Å²) in [6.45, 7) is 4.59. The van der Waals surface area contributed by atoms with Crippen LogP contribution in [0.2, 0.25) is 0 Å². The maximum atomic E-state index is 5.48. The molecule has 0 radical (unpaired) electrons. The summed E-state index contributed by atoms with van der Waals surface area (Å²) in [7, 11) is 1.60. The third-order valence-electron chi connectivity index (χ3n) is 2.17. The molecule has 0 amide bonds. The molecule has 1 heterocycles. The van der Waals surface area contributed by atoms with Crippen molar-refractivity contribution >= 4 is 5.82 Å². The monoisotopic (exact) mass is 210 g/mol. The Morgan fingerprint density at radius 1 is 1.47 bits per heavy atom. The second-order valence-electron chi connectivity index (χ2n) is 3.14. The average Bonchev–Trinajstić information content (AvgIpc) is 2.30. The summed E-state index contributed by atoms with van der Waals surface area (Å²) in [4.78, 5) is 10.3. The quantitative estimate of drug-likeness (QED) is 0.747. The second-order valence-corrected chi connectivity index (χ2v) is 3.14. The number of ether oxygens (including phenoxy) is 1. The smallest absolute Gasteiger partial charge is 0.218 e. The molecule has 0 saturated heterocycles. The highest BCUT2D eigenvalue weighted by molar-refractivity contribution is 5.40. The van der Waals surface area contributed by atoms with Crippen LogP contribution in [0, 0.1) is 0 Å². The van der Waals surface area contributed by atoms with Gasteiger partial charge in [-0.05, 0) is 19.9 Å².